The van der Waals surface area contributed by atoms with Gasteiger partial charge in [0.1, 0.15) is 17.6 Å². The summed E-state index contributed by atoms with van der Waals surface area (Å²) in [6.45, 7) is 1.78. The van der Waals surface area contributed by atoms with Crippen LogP contribution in [0.1, 0.15) is 35.2 Å². The smallest absolute Gasteiger partial charge is 0.145 e. The van der Waals surface area contributed by atoms with Gasteiger partial charge in [-0.2, -0.15) is 5.26 Å². The zero-order valence-corrected chi connectivity index (χ0v) is 16.6. The largest absolute Gasteiger partial charge is 0.456 e. The summed E-state index contributed by atoms with van der Waals surface area (Å²) in [5.41, 5.74) is 9.80. The highest BCUT2D eigenvalue weighted by molar-refractivity contribution is 5.50. The van der Waals surface area contributed by atoms with Gasteiger partial charge in [-0.3, -0.25) is 0 Å². The first-order valence-electron chi connectivity index (χ1n) is 9.88. The number of nitrogens with zero attached hydrogens (tertiary/aromatic N) is 3. The van der Waals surface area contributed by atoms with Crippen LogP contribution in [0.3, 0.4) is 0 Å². The molecule has 1 unspecified atom stereocenters. The Bertz CT molecular complexity index is 1050. The molecule has 148 valence electrons. The summed E-state index contributed by atoms with van der Waals surface area (Å²) in [5, 5.41) is 13.1. The van der Waals surface area contributed by atoms with Crippen LogP contribution in [-0.4, -0.2) is 22.6 Å². The number of aryl methyl sites for hydroxylation is 1. The fourth-order valence-corrected chi connectivity index (χ4v) is 3.93. The monoisotopic (exact) mass is 387 g/mol. The Morgan fingerprint density at radius 3 is 2.93 bits per heavy atom. The lowest BCUT2D eigenvalue weighted by molar-refractivity contribution is 0.431. The van der Waals surface area contributed by atoms with Gasteiger partial charge in [-0.05, 0) is 67.7 Å². The number of nitriles is 1. The summed E-state index contributed by atoms with van der Waals surface area (Å²) in [6.07, 6.45) is 6.16. The molecular formula is C23H25N5O. The predicted octanol–water partition coefficient (Wildman–Crippen LogP) is 3.21. The van der Waals surface area contributed by atoms with Crippen molar-refractivity contribution in [2.75, 3.05) is 13.1 Å². The lowest BCUT2D eigenvalue weighted by Gasteiger charge is -2.31. The van der Waals surface area contributed by atoms with E-state index in [1.807, 2.05) is 48.1 Å². The minimum atomic E-state index is -0.731. The average molecular weight is 387 g/mol. The van der Waals surface area contributed by atoms with E-state index in [9.17, 15) is 5.26 Å². The van der Waals surface area contributed by atoms with Crippen LogP contribution in [0.25, 0.3) is 0 Å². The molecule has 0 spiro atoms. The molecule has 0 saturated carbocycles. The highest BCUT2D eigenvalue weighted by Crippen LogP contribution is 2.36. The van der Waals surface area contributed by atoms with E-state index in [1.165, 1.54) is 5.56 Å². The van der Waals surface area contributed by atoms with Crippen molar-refractivity contribution in [1.29, 1.82) is 5.26 Å². The Kier molecular flexibility index (Phi) is 5.34. The number of hydrogen-bond acceptors (Lipinski definition) is 5. The van der Waals surface area contributed by atoms with Crippen molar-refractivity contribution >= 4 is 0 Å². The molecule has 1 atom stereocenters. The molecular weight excluding hydrogens is 362 g/mol. The molecule has 3 N–H and O–H groups in total. The van der Waals surface area contributed by atoms with Crippen LogP contribution < -0.4 is 15.8 Å². The molecule has 2 heterocycles. The normalized spacial score (nSPS) is 19.6. The highest BCUT2D eigenvalue weighted by atomic mass is 16.5. The summed E-state index contributed by atoms with van der Waals surface area (Å²) in [6, 6.07) is 15.9. The van der Waals surface area contributed by atoms with Crippen molar-refractivity contribution in [2.45, 2.75) is 24.8 Å². The Morgan fingerprint density at radius 2 is 2.14 bits per heavy atom. The summed E-state index contributed by atoms with van der Waals surface area (Å²) in [7, 11) is 1.95. The SMILES string of the molecule is Cn1cncc1C1(N)CCCNCCc2cccc(c2)Oc2cc1ccc2C#N. The maximum Gasteiger partial charge on any atom is 0.145 e. The summed E-state index contributed by atoms with van der Waals surface area (Å²) in [5.74, 6) is 1.24. The molecule has 4 bridgehead atoms. The Hall–Kier alpha value is -3.14. The van der Waals surface area contributed by atoms with Crippen LogP contribution in [0.2, 0.25) is 0 Å². The second-order valence-corrected chi connectivity index (χ2v) is 7.54. The maximum atomic E-state index is 9.59. The van der Waals surface area contributed by atoms with Crippen molar-refractivity contribution in [3.63, 3.8) is 0 Å². The number of nitrogens with two attached hydrogens (primary N) is 1. The number of benzene rings is 2. The minimum Gasteiger partial charge on any atom is -0.456 e. The lowest BCUT2D eigenvalue weighted by atomic mass is 9.83. The first kappa shape index (κ1) is 19.2. The quantitative estimate of drug-likeness (QED) is 0.669. The second-order valence-electron chi connectivity index (χ2n) is 7.54. The molecule has 2 aromatic carbocycles. The fourth-order valence-electron chi connectivity index (χ4n) is 3.93. The molecule has 4 rings (SSSR count). The van der Waals surface area contributed by atoms with E-state index >= 15 is 0 Å². The fraction of sp³-hybridized carbons (Fsp3) is 0.304. The first-order valence-corrected chi connectivity index (χ1v) is 9.88. The summed E-state index contributed by atoms with van der Waals surface area (Å²) in [4.78, 5) is 4.27. The molecule has 29 heavy (non-hydrogen) atoms. The van der Waals surface area contributed by atoms with Crippen molar-refractivity contribution < 1.29 is 4.74 Å². The Morgan fingerprint density at radius 1 is 1.24 bits per heavy atom. The molecule has 1 aliphatic heterocycles. The summed E-state index contributed by atoms with van der Waals surface area (Å²) < 4.78 is 8.10. The first-order chi connectivity index (χ1) is 14.1. The van der Waals surface area contributed by atoms with Crippen LogP contribution in [0.5, 0.6) is 11.5 Å². The van der Waals surface area contributed by atoms with E-state index < -0.39 is 5.54 Å². The highest BCUT2D eigenvalue weighted by Gasteiger charge is 2.33. The number of imidazole rings is 1. The number of ether oxygens (including phenoxy) is 1. The molecule has 0 saturated heterocycles. The molecule has 0 amide bonds. The molecule has 3 aromatic rings. The number of nitrogens with one attached hydrogen (secondary N) is 1. The van der Waals surface area contributed by atoms with Crippen LogP contribution >= 0.6 is 0 Å². The predicted molar refractivity (Wildman–Crippen MR) is 112 cm³/mol. The maximum absolute atomic E-state index is 9.59. The van der Waals surface area contributed by atoms with E-state index in [0.29, 0.717) is 11.3 Å². The molecule has 6 heteroatoms. The third kappa shape index (κ3) is 3.88. The molecule has 6 nitrogen and oxygen atoms in total. The Labute approximate surface area is 170 Å². The van der Waals surface area contributed by atoms with Gasteiger partial charge in [-0.25, -0.2) is 4.98 Å². The number of rotatable bonds is 1. The van der Waals surface area contributed by atoms with Gasteiger partial charge in [0.15, 0.2) is 0 Å². The standard InChI is InChI=1S/C23H25N5O/c1-28-16-27-15-22(28)23(25)9-3-10-26-11-8-17-4-2-5-20(12-17)29-21-13-19(23)7-6-18(21)14-24/h2,4-7,12-13,15-16,26H,3,8-11,25H2,1H3. The van der Waals surface area contributed by atoms with E-state index in [2.05, 4.69) is 22.4 Å². The molecule has 0 aliphatic carbocycles. The molecule has 1 aliphatic rings. The zero-order valence-electron chi connectivity index (χ0n) is 16.6. The van der Waals surface area contributed by atoms with Gasteiger partial charge in [-0.1, -0.05) is 18.2 Å². The van der Waals surface area contributed by atoms with Gasteiger partial charge in [0.25, 0.3) is 0 Å². The van der Waals surface area contributed by atoms with Crippen LogP contribution in [0.15, 0.2) is 55.0 Å². The number of aromatic nitrogens is 2. The van der Waals surface area contributed by atoms with E-state index in [0.717, 1.165) is 49.4 Å². The van der Waals surface area contributed by atoms with Crippen LogP contribution in [-0.2, 0) is 19.0 Å². The van der Waals surface area contributed by atoms with Gasteiger partial charge in [0, 0.05) is 7.05 Å². The van der Waals surface area contributed by atoms with Gasteiger partial charge in [-0.15, -0.1) is 0 Å². The van der Waals surface area contributed by atoms with E-state index in [1.54, 1.807) is 12.4 Å². The van der Waals surface area contributed by atoms with Crippen molar-refractivity contribution in [1.82, 2.24) is 14.9 Å². The Balaban J connectivity index is 1.83. The van der Waals surface area contributed by atoms with Crippen molar-refractivity contribution in [3.05, 3.63) is 77.4 Å². The molecule has 0 fully saturated rings. The zero-order chi connectivity index (χ0) is 20.3. The lowest BCUT2D eigenvalue weighted by Crippen LogP contribution is -2.40. The average Bonchev–Trinajstić information content (AvgIpc) is 3.16. The third-order valence-electron chi connectivity index (χ3n) is 5.53. The molecule has 0 radical (unpaired) electrons. The van der Waals surface area contributed by atoms with Gasteiger partial charge < -0.3 is 20.4 Å². The van der Waals surface area contributed by atoms with Crippen molar-refractivity contribution in [3.8, 4) is 17.6 Å². The van der Waals surface area contributed by atoms with Gasteiger partial charge in [0.2, 0.25) is 0 Å². The van der Waals surface area contributed by atoms with Crippen molar-refractivity contribution in [2.24, 2.45) is 12.8 Å². The number of hydrogen-bond donors (Lipinski definition) is 2. The van der Waals surface area contributed by atoms with Crippen LogP contribution in [0.4, 0.5) is 0 Å². The minimum absolute atomic E-state index is 0.486. The third-order valence-corrected chi connectivity index (χ3v) is 5.53. The second kappa shape index (κ2) is 8.08. The van der Waals surface area contributed by atoms with Gasteiger partial charge >= 0.3 is 0 Å². The van der Waals surface area contributed by atoms with E-state index in [4.69, 9.17) is 10.5 Å². The molecule has 1 aromatic heterocycles. The summed E-state index contributed by atoms with van der Waals surface area (Å²) >= 11 is 0. The van der Waals surface area contributed by atoms with Gasteiger partial charge in [0.05, 0.1) is 29.3 Å². The van der Waals surface area contributed by atoms with E-state index in [-0.39, 0.29) is 0 Å². The number of fused-ring (bicyclic) bond motifs is 4. The van der Waals surface area contributed by atoms with Crippen LogP contribution in [0, 0.1) is 11.3 Å². The topological polar surface area (TPSA) is 88.9 Å².